The van der Waals surface area contributed by atoms with Crippen LogP contribution in [0, 0.1) is 12.8 Å². The number of aromatic hydroxyl groups is 2. The third-order valence-corrected chi connectivity index (χ3v) is 7.80. The Labute approximate surface area is 224 Å². The minimum Gasteiger partial charge on any atom is -0.508 e. The Balaban J connectivity index is 1.27. The lowest BCUT2D eigenvalue weighted by Gasteiger charge is -2.35. The summed E-state index contributed by atoms with van der Waals surface area (Å²) in [5.41, 5.74) is 3.40. The topological polar surface area (TPSA) is 107 Å². The van der Waals surface area contributed by atoms with Gasteiger partial charge in [0.15, 0.2) is 5.82 Å². The van der Waals surface area contributed by atoms with E-state index in [1.807, 2.05) is 30.2 Å². The van der Waals surface area contributed by atoms with Crippen molar-refractivity contribution in [2.75, 3.05) is 39.3 Å². The van der Waals surface area contributed by atoms with E-state index in [-0.39, 0.29) is 23.3 Å². The van der Waals surface area contributed by atoms with Crippen LogP contribution in [0.3, 0.4) is 0 Å². The third-order valence-electron chi connectivity index (χ3n) is 7.80. The number of rotatable bonds is 6. The highest BCUT2D eigenvalue weighted by atomic mass is 16.3. The summed E-state index contributed by atoms with van der Waals surface area (Å²) in [6, 6.07) is 11.5. The summed E-state index contributed by atoms with van der Waals surface area (Å²) in [4.78, 5) is 17.3. The van der Waals surface area contributed by atoms with Crippen molar-refractivity contribution in [3.63, 3.8) is 0 Å². The van der Waals surface area contributed by atoms with Gasteiger partial charge in [-0.1, -0.05) is 26.0 Å². The van der Waals surface area contributed by atoms with Crippen LogP contribution in [0.1, 0.15) is 49.6 Å². The number of piperazine rings is 1. The molecule has 5 rings (SSSR count). The fourth-order valence-electron chi connectivity index (χ4n) is 5.57. The number of hydrogen-bond donors (Lipinski definition) is 3. The van der Waals surface area contributed by atoms with Crippen LogP contribution in [0.2, 0.25) is 0 Å². The van der Waals surface area contributed by atoms with Crippen LogP contribution in [0.5, 0.6) is 11.5 Å². The number of nitrogens with one attached hydrogen (secondary N) is 1. The van der Waals surface area contributed by atoms with Gasteiger partial charge in [-0.2, -0.15) is 0 Å². The normalized spacial score (nSPS) is 17.3. The molecule has 9 heteroatoms. The number of likely N-dealkylation sites (tertiary alicyclic amines) is 1. The molecular weight excluding hydrogens is 480 g/mol. The number of carbonyl (C=O) groups is 1. The highest BCUT2D eigenvalue weighted by molar-refractivity contribution is 5.79. The Morgan fingerprint density at radius 1 is 1.00 bits per heavy atom. The largest absolute Gasteiger partial charge is 0.508 e. The highest BCUT2D eigenvalue weighted by Crippen LogP contribution is 2.38. The Kier molecular flexibility index (Phi) is 7.67. The average Bonchev–Trinajstić information content (AvgIpc) is 3.30. The lowest BCUT2D eigenvalue weighted by atomic mass is 9.94. The van der Waals surface area contributed by atoms with Gasteiger partial charge < -0.3 is 20.4 Å². The number of hydrogen-bond acceptors (Lipinski definition) is 7. The van der Waals surface area contributed by atoms with Crippen LogP contribution >= 0.6 is 0 Å². The van der Waals surface area contributed by atoms with Gasteiger partial charge in [-0.05, 0) is 68.1 Å². The lowest BCUT2D eigenvalue weighted by Crippen LogP contribution is -2.50. The van der Waals surface area contributed by atoms with Crippen LogP contribution in [0.4, 0.5) is 0 Å². The second-order valence-electron chi connectivity index (χ2n) is 10.8. The van der Waals surface area contributed by atoms with Gasteiger partial charge in [-0.25, -0.2) is 0 Å². The average molecular weight is 519 g/mol. The number of nitrogens with zero attached hydrogens (tertiary/aromatic N) is 5. The maximum atomic E-state index is 12.9. The molecule has 2 saturated heterocycles. The van der Waals surface area contributed by atoms with Crippen LogP contribution in [-0.2, 0) is 11.3 Å². The number of phenols is 2. The zero-order valence-corrected chi connectivity index (χ0v) is 22.5. The van der Waals surface area contributed by atoms with Crippen LogP contribution < -0.4 is 5.32 Å². The van der Waals surface area contributed by atoms with Crippen molar-refractivity contribution in [3.05, 3.63) is 53.3 Å². The van der Waals surface area contributed by atoms with E-state index < -0.39 is 0 Å². The van der Waals surface area contributed by atoms with Crippen molar-refractivity contribution in [1.29, 1.82) is 0 Å². The second-order valence-corrected chi connectivity index (χ2v) is 10.8. The molecule has 202 valence electrons. The minimum atomic E-state index is -0.0315. The molecule has 2 fully saturated rings. The standard InChI is InChI=1S/C29H38N6O3/c1-19(2)24-16-25(27(37)17-26(24)36)28-32-31-20(3)35(28)23-6-4-21(5-7-23)18-33-12-8-22(9-13-33)29(38)34-14-10-30-11-15-34/h4-7,16-17,19,22,30,36-37H,8-15,18H2,1-3H3. The molecule has 0 saturated carbocycles. The number of benzene rings is 2. The number of carbonyl (C=O) groups excluding carboxylic acids is 1. The molecule has 0 radical (unpaired) electrons. The fraction of sp³-hybridized carbons (Fsp3) is 0.483. The quantitative estimate of drug-likeness (QED) is 0.459. The van der Waals surface area contributed by atoms with E-state index in [4.69, 9.17) is 0 Å². The summed E-state index contributed by atoms with van der Waals surface area (Å²) in [6.45, 7) is 12.0. The monoisotopic (exact) mass is 518 g/mol. The van der Waals surface area contributed by atoms with Crippen molar-refractivity contribution >= 4 is 5.91 Å². The molecule has 0 aliphatic carbocycles. The van der Waals surface area contributed by atoms with Crippen molar-refractivity contribution < 1.29 is 15.0 Å². The van der Waals surface area contributed by atoms with E-state index in [9.17, 15) is 15.0 Å². The SMILES string of the molecule is Cc1nnc(-c2cc(C(C)C)c(O)cc2O)n1-c1ccc(CN2CCC(C(=O)N3CCNCC3)CC2)cc1. The highest BCUT2D eigenvalue weighted by Gasteiger charge is 2.29. The Bertz CT molecular complexity index is 1270. The van der Waals surface area contributed by atoms with E-state index >= 15 is 0 Å². The van der Waals surface area contributed by atoms with Crippen molar-refractivity contribution in [2.24, 2.45) is 5.92 Å². The van der Waals surface area contributed by atoms with E-state index in [2.05, 4.69) is 44.7 Å². The summed E-state index contributed by atoms with van der Waals surface area (Å²) in [7, 11) is 0. The summed E-state index contributed by atoms with van der Waals surface area (Å²) in [6.07, 6.45) is 1.83. The molecule has 2 aliphatic rings. The van der Waals surface area contributed by atoms with Gasteiger partial charge >= 0.3 is 0 Å². The minimum absolute atomic E-state index is 0.0315. The first kappa shape index (κ1) is 26.2. The summed E-state index contributed by atoms with van der Waals surface area (Å²) in [5, 5.41) is 32.8. The predicted molar refractivity (Wildman–Crippen MR) is 146 cm³/mol. The molecule has 2 aromatic carbocycles. The third kappa shape index (κ3) is 5.39. The van der Waals surface area contributed by atoms with Crippen LogP contribution in [0.25, 0.3) is 17.1 Å². The lowest BCUT2D eigenvalue weighted by molar-refractivity contribution is -0.137. The van der Waals surface area contributed by atoms with Gasteiger partial charge in [0.1, 0.15) is 17.3 Å². The maximum Gasteiger partial charge on any atom is 0.225 e. The predicted octanol–water partition coefficient (Wildman–Crippen LogP) is 3.42. The van der Waals surface area contributed by atoms with Gasteiger partial charge in [-0.3, -0.25) is 14.3 Å². The number of phenolic OH excluding ortho intramolecular Hbond substituents is 2. The molecule has 1 amide bonds. The molecule has 38 heavy (non-hydrogen) atoms. The van der Waals surface area contributed by atoms with Crippen molar-refractivity contribution in [3.8, 4) is 28.6 Å². The Morgan fingerprint density at radius 2 is 1.68 bits per heavy atom. The molecule has 1 aromatic heterocycles. The van der Waals surface area contributed by atoms with Crippen molar-refractivity contribution in [1.82, 2.24) is 29.9 Å². The van der Waals surface area contributed by atoms with E-state index in [1.54, 1.807) is 6.07 Å². The first-order valence-corrected chi connectivity index (χ1v) is 13.6. The van der Waals surface area contributed by atoms with Gasteiger partial charge in [0.2, 0.25) is 5.91 Å². The zero-order valence-electron chi connectivity index (χ0n) is 22.5. The summed E-state index contributed by atoms with van der Waals surface area (Å²) < 4.78 is 1.92. The molecule has 3 N–H and O–H groups in total. The Morgan fingerprint density at radius 3 is 2.34 bits per heavy atom. The van der Waals surface area contributed by atoms with Gasteiger partial charge in [0.05, 0.1) is 5.56 Å². The molecule has 0 bridgehead atoms. The van der Waals surface area contributed by atoms with E-state index in [1.165, 1.54) is 11.6 Å². The molecule has 9 nitrogen and oxygen atoms in total. The maximum absolute atomic E-state index is 12.9. The van der Waals surface area contributed by atoms with E-state index in [0.717, 1.165) is 69.9 Å². The van der Waals surface area contributed by atoms with Crippen LogP contribution in [-0.4, -0.2) is 80.0 Å². The van der Waals surface area contributed by atoms with Gasteiger partial charge in [-0.15, -0.1) is 10.2 Å². The number of aromatic nitrogens is 3. The fourth-order valence-corrected chi connectivity index (χ4v) is 5.57. The molecule has 3 aromatic rings. The molecule has 0 atom stereocenters. The molecular formula is C29H38N6O3. The summed E-state index contributed by atoms with van der Waals surface area (Å²) in [5.74, 6) is 1.86. The molecule has 0 unspecified atom stereocenters. The first-order chi connectivity index (χ1) is 18.3. The number of amides is 1. The zero-order chi connectivity index (χ0) is 26.8. The van der Waals surface area contributed by atoms with Gasteiger partial charge in [0.25, 0.3) is 0 Å². The molecule has 0 spiro atoms. The Hall–Kier alpha value is -3.43. The second kappa shape index (κ2) is 11.1. The first-order valence-electron chi connectivity index (χ1n) is 13.6. The molecule has 2 aliphatic heterocycles. The molecule has 3 heterocycles. The van der Waals surface area contributed by atoms with E-state index in [0.29, 0.717) is 23.1 Å². The van der Waals surface area contributed by atoms with Crippen molar-refractivity contribution in [2.45, 2.75) is 46.1 Å². The smallest absolute Gasteiger partial charge is 0.225 e. The summed E-state index contributed by atoms with van der Waals surface area (Å²) >= 11 is 0. The number of aryl methyl sites for hydroxylation is 1. The van der Waals surface area contributed by atoms with Crippen LogP contribution in [0.15, 0.2) is 36.4 Å². The van der Waals surface area contributed by atoms with Gasteiger partial charge in [0, 0.05) is 50.4 Å². The number of piperidine rings is 1.